The number of hydrogen-bond acceptors (Lipinski definition) is 5. The number of hydrogen-bond donors (Lipinski definition) is 1. The Balaban J connectivity index is 1.73. The SMILES string of the molecule is COC(=O)c1cc2n(n1)CC(C)(C(=O)NC1CCCCCC1)N(c1ccc(F)cc1)C2=O. The third-order valence-corrected chi connectivity index (χ3v) is 6.31. The molecule has 2 aliphatic rings. The van der Waals surface area contributed by atoms with E-state index in [4.69, 9.17) is 4.74 Å². The molecule has 1 aliphatic carbocycles. The van der Waals surface area contributed by atoms with Gasteiger partial charge in [0.1, 0.15) is 17.1 Å². The van der Waals surface area contributed by atoms with E-state index in [-0.39, 0.29) is 29.9 Å². The number of halogens is 1. The number of carbonyl (C=O) groups is 3. The van der Waals surface area contributed by atoms with Crippen molar-refractivity contribution in [2.45, 2.75) is 63.6 Å². The van der Waals surface area contributed by atoms with Gasteiger partial charge in [0.25, 0.3) is 5.91 Å². The van der Waals surface area contributed by atoms with Crippen molar-refractivity contribution in [3.63, 3.8) is 0 Å². The van der Waals surface area contributed by atoms with E-state index in [0.717, 1.165) is 38.5 Å². The number of fused-ring (bicyclic) bond motifs is 1. The van der Waals surface area contributed by atoms with Crippen LogP contribution in [0.3, 0.4) is 0 Å². The maximum atomic E-state index is 13.6. The van der Waals surface area contributed by atoms with Crippen molar-refractivity contribution in [1.29, 1.82) is 0 Å². The largest absolute Gasteiger partial charge is 0.464 e. The molecular formula is C23H27FN4O4. The Morgan fingerprint density at radius 3 is 2.44 bits per heavy atom. The summed E-state index contributed by atoms with van der Waals surface area (Å²) in [4.78, 5) is 40.5. The van der Waals surface area contributed by atoms with Gasteiger partial charge in [-0.25, -0.2) is 9.18 Å². The lowest BCUT2D eigenvalue weighted by atomic mass is 9.93. The highest BCUT2D eigenvalue weighted by molar-refractivity contribution is 6.12. The molecule has 8 nitrogen and oxygen atoms in total. The standard InChI is InChI=1S/C23H27FN4O4/c1-23(22(31)25-16-7-5-3-4-6-8-16)14-27-19(13-18(26-27)21(30)32-2)20(29)28(23)17-11-9-15(24)10-12-17/h9-13,16H,3-8,14H2,1-2H3,(H,25,31). The maximum absolute atomic E-state index is 13.6. The first kappa shape index (κ1) is 22.0. The summed E-state index contributed by atoms with van der Waals surface area (Å²) in [5.41, 5.74) is -0.784. The molecule has 1 aromatic carbocycles. The molecule has 1 unspecified atom stereocenters. The topological polar surface area (TPSA) is 93.5 Å². The number of benzene rings is 1. The van der Waals surface area contributed by atoms with Gasteiger partial charge in [0.05, 0.1) is 13.7 Å². The van der Waals surface area contributed by atoms with E-state index in [0.29, 0.717) is 5.69 Å². The molecule has 2 aromatic rings. The number of aromatic nitrogens is 2. The summed E-state index contributed by atoms with van der Waals surface area (Å²) in [7, 11) is 1.23. The summed E-state index contributed by atoms with van der Waals surface area (Å²) in [6.07, 6.45) is 6.19. The van der Waals surface area contributed by atoms with Gasteiger partial charge in [0.15, 0.2) is 5.69 Å². The molecule has 1 aliphatic heterocycles. The van der Waals surface area contributed by atoms with Crippen LogP contribution in [0.5, 0.6) is 0 Å². The summed E-state index contributed by atoms with van der Waals surface area (Å²) in [6, 6.07) is 6.83. The Labute approximate surface area is 185 Å². The number of esters is 1. The highest BCUT2D eigenvalue weighted by Crippen LogP contribution is 2.33. The molecule has 32 heavy (non-hydrogen) atoms. The number of anilines is 1. The van der Waals surface area contributed by atoms with Crippen molar-refractivity contribution in [3.8, 4) is 0 Å². The Morgan fingerprint density at radius 2 is 1.81 bits per heavy atom. The van der Waals surface area contributed by atoms with E-state index in [1.165, 1.54) is 47.0 Å². The van der Waals surface area contributed by atoms with Crippen molar-refractivity contribution in [3.05, 3.63) is 47.5 Å². The van der Waals surface area contributed by atoms with Gasteiger partial charge in [-0.3, -0.25) is 19.2 Å². The molecule has 0 saturated heterocycles. The molecule has 1 saturated carbocycles. The molecule has 4 rings (SSSR count). The average molecular weight is 442 g/mol. The zero-order valence-electron chi connectivity index (χ0n) is 18.3. The van der Waals surface area contributed by atoms with Crippen LogP contribution < -0.4 is 10.2 Å². The van der Waals surface area contributed by atoms with Crippen LogP contribution in [0, 0.1) is 5.82 Å². The van der Waals surface area contributed by atoms with Gasteiger partial charge in [0, 0.05) is 17.8 Å². The van der Waals surface area contributed by atoms with Gasteiger partial charge in [-0.05, 0) is 44.0 Å². The Bertz CT molecular complexity index is 1030. The van der Waals surface area contributed by atoms with Crippen LogP contribution >= 0.6 is 0 Å². The first-order valence-corrected chi connectivity index (χ1v) is 10.9. The lowest BCUT2D eigenvalue weighted by Crippen LogP contribution is -2.65. The fraction of sp³-hybridized carbons (Fsp3) is 0.478. The zero-order valence-corrected chi connectivity index (χ0v) is 18.3. The summed E-state index contributed by atoms with van der Waals surface area (Å²) >= 11 is 0. The molecule has 9 heteroatoms. The number of ether oxygens (including phenoxy) is 1. The second kappa shape index (κ2) is 8.72. The average Bonchev–Trinajstić information content (AvgIpc) is 3.03. The summed E-state index contributed by atoms with van der Waals surface area (Å²) in [5, 5.41) is 7.34. The minimum atomic E-state index is -1.33. The van der Waals surface area contributed by atoms with Crippen molar-refractivity contribution in [2.75, 3.05) is 12.0 Å². The lowest BCUT2D eigenvalue weighted by molar-refractivity contribution is -0.127. The molecule has 0 radical (unpaired) electrons. The quantitative estimate of drug-likeness (QED) is 0.580. The summed E-state index contributed by atoms with van der Waals surface area (Å²) in [6.45, 7) is 1.71. The maximum Gasteiger partial charge on any atom is 0.358 e. The molecule has 1 atom stereocenters. The highest BCUT2D eigenvalue weighted by Gasteiger charge is 2.49. The summed E-state index contributed by atoms with van der Waals surface area (Å²) in [5.74, 6) is -1.91. The van der Waals surface area contributed by atoms with E-state index in [9.17, 15) is 18.8 Å². The number of methoxy groups -OCH3 is 1. The third kappa shape index (κ3) is 3.99. The highest BCUT2D eigenvalue weighted by atomic mass is 19.1. The Morgan fingerprint density at radius 1 is 1.16 bits per heavy atom. The number of amides is 2. The van der Waals surface area contributed by atoms with Crippen LogP contribution in [0.1, 0.15) is 66.4 Å². The van der Waals surface area contributed by atoms with Crippen LogP contribution in [0.15, 0.2) is 30.3 Å². The van der Waals surface area contributed by atoms with E-state index >= 15 is 0 Å². The van der Waals surface area contributed by atoms with Crippen LogP contribution in [0.2, 0.25) is 0 Å². The zero-order chi connectivity index (χ0) is 22.9. The van der Waals surface area contributed by atoms with Crippen molar-refractivity contribution in [1.82, 2.24) is 15.1 Å². The number of nitrogens with zero attached hydrogens (tertiary/aromatic N) is 3. The second-order valence-electron chi connectivity index (χ2n) is 8.62. The van der Waals surface area contributed by atoms with Gasteiger partial charge in [-0.2, -0.15) is 5.10 Å². The molecule has 2 heterocycles. The first-order chi connectivity index (χ1) is 15.3. The van der Waals surface area contributed by atoms with Gasteiger partial charge in [-0.15, -0.1) is 0 Å². The van der Waals surface area contributed by atoms with Gasteiger partial charge in [-0.1, -0.05) is 25.7 Å². The number of nitrogens with one attached hydrogen (secondary N) is 1. The first-order valence-electron chi connectivity index (χ1n) is 10.9. The predicted octanol–water partition coefficient (Wildman–Crippen LogP) is 3.07. The van der Waals surface area contributed by atoms with Gasteiger partial charge < -0.3 is 10.1 Å². The van der Waals surface area contributed by atoms with E-state index < -0.39 is 23.2 Å². The van der Waals surface area contributed by atoms with E-state index in [2.05, 4.69) is 10.4 Å². The van der Waals surface area contributed by atoms with Crippen LogP contribution in [-0.2, 0) is 16.1 Å². The van der Waals surface area contributed by atoms with Crippen molar-refractivity contribution >= 4 is 23.5 Å². The number of rotatable bonds is 4. The van der Waals surface area contributed by atoms with Crippen LogP contribution in [0.4, 0.5) is 10.1 Å². The van der Waals surface area contributed by atoms with E-state index in [1.807, 2.05) is 0 Å². The number of carbonyl (C=O) groups excluding carboxylic acids is 3. The molecule has 1 aromatic heterocycles. The second-order valence-corrected chi connectivity index (χ2v) is 8.62. The van der Waals surface area contributed by atoms with Gasteiger partial charge >= 0.3 is 5.97 Å². The summed E-state index contributed by atoms with van der Waals surface area (Å²) < 4.78 is 19.7. The molecule has 170 valence electrons. The Kier molecular flexibility index (Phi) is 5.99. The van der Waals surface area contributed by atoms with Crippen molar-refractivity contribution in [2.24, 2.45) is 0 Å². The van der Waals surface area contributed by atoms with Crippen LogP contribution in [-0.4, -0.2) is 46.3 Å². The fourth-order valence-corrected chi connectivity index (χ4v) is 4.55. The molecule has 1 N–H and O–H groups in total. The Hall–Kier alpha value is -3.23. The minimum absolute atomic E-state index is 0.0108. The molecular weight excluding hydrogens is 415 g/mol. The molecule has 0 bridgehead atoms. The molecule has 0 spiro atoms. The minimum Gasteiger partial charge on any atom is -0.464 e. The van der Waals surface area contributed by atoms with Crippen molar-refractivity contribution < 1.29 is 23.5 Å². The molecule has 2 amide bonds. The third-order valence-electron chi connectivity index (χ3n) is 6.31. The monoisotopic (exact) mass is 442 g/mol. The van der Waals surface area contributed by atoms with Crippen LogP contribution in [0.25, 0.3) is 0 Å². The molecule has 1 fully saturated rings. The van der Waals surface area contributed by atoms with Gasteiger partial charge in [0.2, 0.25) is 5.91 Å². The lowest BCUT2D eigenvalue weighted by Gasteiger charge is -2.43. The normalized spacial score (nSPS) is 21.6. The van der Waals surface area contributed by atoms with E-state index in [1.54, 1.807) is 6.92 Å². The predicted molar refractivity (Wildman–Crippen MR) is 115 cm³/mol. The fourth-order valence-electron chi connectivity index (χ4n) is 4.55. The smallest absolute Gasteiger partial charge is 0.358 e.